The lowest BCUT2D eigenvalue weighted by Crippen LogP contribution is -2.22. The summed E-state index contributed by atoms with van der Waals surface area (Å²) < 4.78 is 1.38. The van der Waals surface area contributed by atoms with E-state index in [9.17, 15) is 4.79 Å². The van der Waals surface area contributed by atoms with Crippen molar-refractivity contribution >= 4 is 16.6 Å². The number of nitrogen functional groups attached to an aromatic ring is 1. The number of nitrogens with zero attached hydrogens (tertiary/aromatic N) is 3. The molecule has 0 fully saturated rings. The summed E-state index contributed by atoms with van der Waals surface area (Å²) in [6, 6.07) is 11.1. The molecule has 2 aromatic heterocycles. The number of fused-ring (bicyclic) bond motifs is 1. The van der Waals surface area contributed by atoms with Crippen LogP contribution in [0.2, 0.25) is 0 Å². The number of aromatic nitrogens is 3. The molecule has 19 heavy (non-hydrogen) atoms. The SMILES string of the molecule is Nc1cnn(Cc2ccc3ncccc3c2)c(=O)c1. The van der Waals surface area contributed by atoms with E-state index in [1.165, 1.54) is 16.9 Å². The number of rotatable bonds is 2. The lowest BCUT2D eigenvalue weighted by atomic mass is 10.1. The highest BCUT2D eigenvalue weighted by atomic mass is 16.1. The smallest absolute Gasteiger partial charge is 0.269 e. The largest absolute Gasteiger partial charge is 0.397 e. The highest BCUT2D eigenvalue weighted by Crippen LogP contribution is 2.13. The minimum atomic E-state index is -0.203. The Morgan fingerprint density at radius 2 is 2.11 bits per heavy atom. The van der Waals surface area contributed by atoms with Crippen LogP contribution >= 0.6 is 0 Å². The molecule has 0 unspecified atom stereocenters. The van der Waals surface area contributed by atoms with E-state index in [1.54, 1.807) is 6.20 Å². The Balaban J connectivity index is 1.99. The maximum atomic E-state index is 11.7. The molecule has 0 saturated heterocycles. The van der Waals surface area contributed by atoms with E-state index in [0.29, 0.717) is 12.2 Å². The molecule has 0 aliphatic carbocycles. The molecule has 3 rings (SSSR count). The number of hydrogen-bond acceptors (Lipinski definition) is 4. The van der Waals surface area contributed by atoms with Crippen LogP contribution in [-0.4, -0.2) is 14.8 Å². The predicted molar refractivity (Wildman–Crippen MR) is 73.8 cm³/mol. The van der Waals surface area contributed by atoms with Crippen LogP contribution in [-0.2, 0) is 6.54 Å². The molecule has 0 spiro atoms. The average Bonchev–Trinajstić information content (AvgIpc) is 2.42. The standard InChI is InChI=1S/C14H12N4O/c15-12-7-14(19)18(17-8-12)9-10-3-4-13-11(6-10)2-1-5-16-13/h1-8H,9,15H2. The van der Waals surface area contributed by atoms with Crippen molar-refractivity contribution < 1.29 is 0 Å². The van der Waals surface area contributed by atoms with Crippen LogP contribution in [0.4, 0.5) is 5.69 Å². The molecule has 94 valence electrons. The van der Waals surface area contributed by atoms with Crippen LogP contribution < -0.4 is 11.3 Å². The second-order valence-corrected chi connectivity index (χ2v) is 4.32. The van der Waals surface area contributed by atoms with Crippen molar-refractivity contribution in [2.45, 2.75) is 6.54 Å². The highest BCUT2D eigenvalue weighted by Gasteiger charge is 2.01. The molecule has 2 heterocycles. The summed E-state index contributed by atoms with van der Waals surface area (Å²) in [5, 5.41) is 5.06. The lowest BCUT2D eigenvalue weighted by Gasteiger charge is -2.05. The molecule has 5 heteroatoms. The number of benzene rings is 1. The molecule has 0 amide bonds. The second kappa shape index (κ2) is 4.53. The van der Waals surface area contributed by atoms with Crippen molar-refractivity contribution in [2.75, 3.05) is 5.73 Å². The van der Waals surface area contributed by atoms with Crippen LogP contribution in [0.1, 0.15) is 5.56 Å². The molecular formula is C14H12N4O. The Morgan fingerprint density at radius 3 is 2.95 bits per heavy atom. The van der Waals surface area contributed by atoms with E-state index in [1.807, 2.05) is 30.3 Å². The van der Waals surface area contributed by atoms with Gasteiger partial charge in [-0.15, -0.1) is 0 Å². The van der Waals surface area contributed by atoms with Crippen LogP contribution in [0, 0.1) is 0 Å². The topological polar surface area (TPSA) is 73.8 Å². The van der Waals surface area contributed by atoms with Crippen LogP contribution in [0.15, 0.2) is 53.6 Å². The Morgan fingerprint density at radius 1 is 1.21 bits per heavy atom. The van der Waals surface area contributed by atoms with E-state index in [4.69, 9.17) is 5.73 Å². The summed E-state index contributed by atoms with van der Waals surface area (Å²) >= 11 is 0. The fourth-order valence-corrected chi connectivity index (χ4v) is 1.96. The fraction of sp³-hybridized carbons (Fsp3) is 0.0714. The number of hydrogen-bond donors (Lipinski definition) is 1. The van der Waals surface area contributed by atoms with E-state index in [2.05, 4.69) is 10.1 Å². The molecule has 0 radical (unpaired) electrons. The van der Waals surface area contributed by atoms with E-state index < -0.39 is 0 Å². The van der Waals surface area contributed by atoms with Gasteiger partial charge in [0.15, 0.2) is 0 Å². The van der Waals surface area contributed by atoms with Gasteiger partial charge in [0.2, 0.25) is 0 Å². The van der Waals surface area contributed by atoms with Gasteiger partial charge in [-0.1, -0.05) is 12.1 Å². The molecule has 2 N–H and O–H groups in total. The summed E-state index contributed by atoms with van der Waals surface area (Å²) in [6.07, 6.45) is 3.23. The van der Waals surface area contributed by atoms with Gasteiger partial charge in [-0.25, -0.2) is 4.68 Å². The lowest BCUT2D eigenvalue weighted by molar-refractivity contribution is 0.640. The van der Waals surface area contributed by atoms with Gasteiger partial charge in [0.25, 0.3) is 5.56 Å². The van der Waals surface area contributed by atoms with Crippen LogP contribution in [0.5, 0.6) is 0 Å². The van der Waals surface area contributed by atoms with Crippen LogP contribution in [0.25, 0.3) is 10.9 Å². The van der Waals surface area contributed by atoms with E-state index >= 15 is 0 Å². The summed E-state index contributed by atoms with van der Waals surface area (Å²) in [6.45, 7) is 0.421. The highest BCUT2D eigenvalue weighted by molar-refractivity contribution is 5.78. The summed E-state index contributed by atoms with van der Waals surface area (Å²) in [5.74, 6) is 0. The second-order valence-electron chi connectivity index (χ2n) is 4.32. The maximum absolute atomic E-state index is 11.7. The number of nitrogens with two attached hydrogens (primary N) is 1. The van der Waals surface area contributed by atoms with Crippen molar-refractivity contribution in [1.82, 2.24) is 14.8 Å². The molecular weight excluding hydrogens is 240 g/mol. The van der Waals surface area contributed by atoms with E-state index in [0.717, 1.165) is 16.5 Å². The zero-order chi connectivity index (χ0) is 13.2. The molecule has 0 aliphatic heterocycles. The van der Waals surface area contributed by atoms with Gasteiger partial charge in [0.05, 0.1) is 23.9 Å². The first-order chi connectivity index (χ1) is 9.22. The molecule has 0 atom stereocenters. The first-order valence-electron chi connectivity index (χ1n) is 5.89. The zero-order valence-corrected chi connectivity index (χ0v) is 10.2. The van der Waals surface area contributed by atoms with Crippen molar-refractivity contribution in [3.8, 4) is 0 Å². The molecule has 5 nitrogen and oxygen atoms in total. The predicted octanol–water partition coefficient (Wildman–Crippen LogP) is 1.42. The normalized spacial score (nSPS) is 10.7. The number of anilines is 1. The summed E-state index contributed by atoms with van der Waals surface area (Å²) in [4.78, 5) is 16.0. The summed E-state index contributed by atoms with van der Waals surface area (Å²) in [7, 11) is 0. The van der Waals surface area contributed by atoms with Gasteiger partial charge in [0.1, 0.15) is 0 Å². The van der Waals surface area contributed by atoms with Gasteiger partial charge < -0.3 is 5.73 Å². The van der Waals surface area contributed by atoms with Crippen molar-refractivity contribution in [1.29, 1.82) is 0 Å². The molecule has 0 bridgehead atoms. The van der Waals surface area contributed by atoms with Crippen molar-refractivity contribution in [2.24, 2.45) is 0 Å². The third-order valence-electron chi connectivity index (χ3n) is 2.89. The van der Waals surface area contributed by atoms with Gasteiger partial charge in [-0.3, -0.25) is 9.78 Å². The third kappa shape index (κ3) is 2.30. The minimum Gasteiger partial charge on any atom is -0.397 e. The van der Waals surface area contributed by atoms with Crippen LogP contribution in [0.3, 0.4) is 0 Å². The van der Waals surface area contributed by atoms with Gasteiger partial charge in [-0.05, 0) is 23.8 Å². The average molecular weight is 252 g/mol. The van der Waals surface area contributed by atoms with E-state index in [-0.39, 0.29) is 5.56 Å². The molecule has 0 saturated carbocycles. The van der Waals surface area contributed by atoms with Gasteiger partial charge >= 0.3 is 0 Å². The number of pyridine rings is 1. The molecule has 0 aliphatic rings. The Bertz CT molecular complexity index is 795. The molecule has 1 aromatic carbocycles. The van der Waals surface area contributed by atoms with Crippen molar-refractivity contribution in [3.05, 3.63) is 64.7 Å². The minimum absolute atomic E-state index is 0.203. The van der Waals surface area contributed by atoms with Gasteiger partial charge in [0, 0.05) is 17.6 Å². The monoisotopic (exact) mass is 252 g/mol. The third-order valence-corrected chi connectivity index (χ3v) is 2.89. The summed E-state index contributed by atoms with van der Waals surface area (Å²) in [5.41, 5.74) is 7.62. The Kier molecular flexibility index (Phi) is 2.72. The fourth-order valence-electron chi connectivity index (χ4n) is 1.96. The first kappa shape index (κ1) is 11.4. The Labute approximate surface area is 109 Å². The Hall–Kier alpha value is -2.69. The van der Waals surface area contributed by atoms with Gasteiger partial charge in [-0.2, -0.15) is 5.10 Å². The maximum Gasteiger partial charge on any atom is 0.269 e. The quantitative estimate of drug-likeness (QED) is 0.748. The zero-order valence-electron chi connectivity index (χ0n) is 10.2. The first-order valence-corrected chi connectivity index (χ1v) is 5.89. The van der Waals surface area contributed by atoms with Crippen molar-refractivity contribution in [3.63, 3.8) is 0 Å². The molecule has 3 aromatic rings.